The van der Waals surface area contributed by atoms with Crippen molar-refractivity contribution >= 4 is 5.97 Å². The second-order valence-electron chi connectivity index (χ2n) is 4.00. The molecular formula is C12H9FN2O2. The van der Waals surface area contributed by atoms with E-state index in [0.29, 0.717) is 5.56 Å². The highest BCUT2D eigenvalue weighted by Crippen LogP contribution is 2.41. The molecule has 5 heteroatoms. The van der Waals surface area contributed by atoms with Crippen LogP contribution in [0.4, 0.5) is 4.39 Å². The first-order valence-electron chi connectivity index (χ1n) is 5.21. The van der Waals surface area contributed by atoms with Gasteiger partial charge in [-0.3, -0.25) is 4.79 Å². The average molecular weight is 232 g/mol. The van der Waals surface area contributed by atoms with Crippen LogP contribution in [0, 0.1) is 5.82 Å². The van der Waals surface area contributed by atoms with Gasteiger partial charge in [-0.1, -0.05) is 12.1 Å². The van der Waals surface area contributed by atoms with Crippen LogP contribution >= 0.6 is 0 Å². The summed E-state index contributed by atoms with van der Waals surface area (Å²) < 4.78 is 15.5. The molecule has 86 valence electrons. The molecule has 1 aromatic heterocycles. The van der Waals surface area contributed by atoms with Gasteiger partial charge in [0.2, 0.25) is 0 Å². The molecule has 1 aliphatic heterocycles. The zero-order chi connectivity index (χ0) is 12.0. The lowest BCUT2D eigenvalue weighted by Gasteiger charge is -2.12. The van der Waals surface area contributed by atoms with E-state index in [1.807, 2.05) is 0 Å². The first-order valence-corrected chi connectivity index (χ1v) is 5.21. The minimum absolute atomic E-state index is 0.142. The number of nitrogens with zero attached hydrogens (tertiary/aromatic N) is 2. The van der Waals surface area contributed by atoms with Crippen molar-refractivity contribution in [1.29, 1.82) is 0 Å². The molecule has 1 unspecified atom stereocenters. The molecule has 0 saturated carbocycles. The second-order valence-corrected chi connectivity index (χ2v) is 4.00. The van der Waals surface area contributed by atoms with Gasteiger partial charge in [0.25, 0.3) is 0 Å². The maximum absolute atomic E-state index is 13.8. The van der Waals surface area contributed by atoms with E-state index in [-0.39, 0.29) is 12.2 Å². The van der Waals surface area contributed by atoms with Gasteiger partial charge in [0, 0.05) is 11.1 Å². The maximum Gasteiger partial charge on any atom is 0.305 e. The summed E-state index contributed by atoms with van der Waals surface area (Å²) in [6.07, 6.45) is 3.03. The predicted molar refractivity (Wildman–Crippen MR) is 58.0 cm³/mol. The molecule has 2 heterocycles. The van der Waals surface area contributed by atoms with Crippen LogP contribution in [0.25, 0.3) is 11.3 Å². The highest BCUT2D eigenvalue weighted by atomic mass is 19.1. The van der Waals surface area contributed by atoms with E-state index in [4.69, 9.17) is 5.11 Å². The number of carbonyl (C=O) groups is 1. The smallest absolute Gasteiger partial charge is 0.305 e. The number of carboxylic acid groups (broad SMARTS) is 1. The van der Waals surface area contributed by atoms with Crippen molar-refractivity contribution in [1.82, 2.24) is 9.55 Å². The van der Waals surface area contributed by atoms with Crippen LogP contribution in [0.3, 0.4) is 0 Å². The lowest BCUT2D eigenvalue weighted by atomic mass is 10.0. The van der Waals surface area contributed by atoms with Crippen LogP contribution < -0.4 is 0 Å². The van der Waals surface area contributed by atoms with Gasteiger partial charge in [-0.25, -0.2) is 9.37 Å². The van der Waals surface area contributed by atoms with Gasteiger partial charge in [0.15, 0.2) is 0 Å². The zero-order valence-electron chi connectivity index (χ0n) is 8.80. The molecule has 3 rings (SSSR count). The number of aliphatic carboxylic acids is 1. The molecule has 0 bridgehead atoms. The zero-order valence-corrected chi connectivity index (χ0v) is 8.80. The summed E-state index contributed by atoms with van der Waals surface area (Å²) in [5.74, 6) is -1.32. The molecule has 4 nitrogen and oxygen atoms in total. The summed E-state index contributed by atoms with van der Waals surface area (Å²) >= 11 is 0. The van der Waals surface area contributed by atoms with Gasteiger partial charge in [-0.05, 0) is 6.07 Å². The summed E-state index contributed by atoms with van der Waals surface area (Å²) in [4.78, 5) is 14.8. The molecule has 0 saturated heterocycles. The van der Waals surface area contributed by atoms with Crippen molar-refractivity contribution in [2.24, 2.45) is 0 Å². The molecule has 2 aromatic rings. The minimum Gasteiger partial charge on any atom is -0.481 e. The number of carboxylic acids is 1. The Morgan fingerprint density at radius 2 is 2.35 bits per heavy atom. The summed E-state index contributed by atoms with van der Waals surface area (Å²) in [5.41, 5.74) is 1.95. The van der Waals surface area contributed by atoms with E-state index in [9.17, 15) is 9.18 Å². The Morgan fingerprint density at radius 1 is 1.53 bits per heavy atom. The third kappa shape index (κ3) is 1.35. The molecule has 1 aromatic carbocycles. The Balaban J connectivity index is 2.22. The molecule has 0 aliphatic carbocycles. The summed E-state index contributed by atoms with van der Waals surface area (Å²) in [6, 6.07) is 4.26. The lowest BCUT2D eigenvalue weighted by Crippen LogP contribution is -2.11. The Morgan fingerprint density at radius 3 is 3.12 bits per heavy atom. The SMILES string of the molecule is O=C(O)CC1c2c(F)cccc2-c2cncn21. The van der Waals surface area contributed by atoms with E-state index in [2.05, 4.69) is 4.98 Å². The number of benzene rings is 1. The van der Waals surface area contributed by atoms with E-state index in [1.165, 1.54) is 6.07 Å². The van der Waals surface area contributed by atoms with Gasteiger partial charge in [0.1, 0.15) is 5.82 Å². The van der Waals surface area contributed by atoms with Crippen molar-refractivity contribution in [3.63, 3.8) is 0 Å². The number of imidazole rings is 1. The van der Waals surface area contributed by atoms with Gasteiger partial charge < -0.3 is 9.67 Å². The van der Waals surface area contributed by atoms with Crippen LogP contribution in [-0.2, 0) is 4.79 Å². The third-order valence-corrected chi connectivity index (χ3v) is 3.03. The highest BCUT2D eigenvalue weighted by Gasteiger charge is 2.32. The Labute approximate surface area is 96.3 Å². The van der Waals surface area contributed by atoms with E-state index >= 15 is 0 Å². The predicted octanol–water partition coefficient (Wildman–Crippen LogP) is 2.07. The molecule has 17 heavy (non-hydrogen) atoms. The molecule has 0 fully saturated rings. The fourth-order valence-electron chi connectivity index (χ4n) is 2.37. The van der Waals surface area contributed by atoms with Crippen molar-refractivity contribution < 1.29 is 14.3 Å². The van der Waals surface area contributed by atoms with Crippen molar-refractivity contribution in [2.75, 3.05) is 0 Å². The molecule has 1 N–H and O–H groups in total. The monoisotopic (exact) mass is 232 g/mol. The van der Waals surface area contributed by atoms with Crippen molar-refractivity contribution in [3.8, 4) is 11.3 Å². The van der Waals surface area contributed by atoms with Crippen LogP contribution in [-0.4, -0.2) is 20.6 Å². The van der Waals surface area contributed by atoms with Crippen LogP contribution in [0.5, 0.6) is 0 Å². The average Bonchev–Trinajstić information content (AvgIpc) is 2.82. The second kappa shape index (κ2) is 3.41. The summed E-state index contributed by atoms with van der Waals surface area (Å²) in [5, 5.41) is 8.90. The van der Waals surface area contributed by atoms with E-state index in [1.54, 1.807) is 29.2 Å². The van der Waals surface area contributed by atoms with Gasteiger partial charge >= 0.3 is 5.97 Å². The van der Waals surface area contributed by atoms with E-state index in [0.717, 1.165) is 11.3 Å². The molecule has 0 spiro atoms. The molecule has 1 atom stereocenters. The maximum atomic E-state index is 13.8. The van der Waals surface area contributed by atoms with Crippen molar-refractivity contribution in [2.45, 2.75) is 12.5 Å². The number of aromatic nitrogens is 2. The summed E-state index contributed by atoms with van der Waals surface area (Å²) in [6.45, 7) is 0. The Hall–Kier alpha value is -2.17. The number of hydrogen-bond donors (Lipinski definition) is 1. The Kier molecular flexibility index (Phi) is 2.01. The minimum atomic E-state index is -0.953. The molecular weight excluding hydrogens is 223 g/mol. The first kappa shape index (κ1) is 10.0. The van der Waals surface area contributed by atoms with Gasteiger partial charge in [-0.15, -0.1) is 0 Å². The van der Waals surface area contributed by atoms with Crippen LogP contribution in [0.2, 0.25) is 0 Å². The number of rotatable bonds is 2. The van der Waals surface area contributed by atoms with Crippen LogP contribution in [0.15, 0.2) is 30.7 Å². The summed E-state index contributed by atoms with van der Waals surface area (Å²) in [7, 11) is 0. The normalized spacial score (nSPS) is 16.6. The number of halogens is 1. The Bertz CT molecular complexity index is 606. The number of hydrogen-bond acceptors (Lipinski definition) is 2. The molecule has 0 radical (unpaired) electrons. The topological polar surface area (TPSA) is 55.1 Å². The van der Waals surface area contributed by atoms with Gasteiger partial charge in [-0.2, -0.15) is 0 Å². The quantitative estimate of drug-likeness (QED) is 0.862. The molecule has 0 amide bonds. The first-order chi connectivity index (χ1) is 8.18. The third-order valence-electron chi connectivity index (χ3n) is 3.03. The fourth-order valence-corrected chi connectivity index (χ4v) is 2.37. The van der Waals surface area contributed by atoms with E-state index < -0.39 is 12.0 Å². The van der Waals surface area contributed by atoms with Gasteiger partial charge in [0.05, 0.1) is 30.7 Å². The van der Waals surface area contributed by atoms with Crippen molar-refractivity contribution in [3.05, 3.63) is 42.1 Å². The fraction of sp³-hybridized carbons (Fsp3) is 0.167. The number of fused-ring (bicyclic) bond motifs is 3. The highest BCUT2D eigenvalue weighted by molar-refractivity contribution is 5.74. The largest absolute Gasteiger partial charge is 0.481 e. The lowest BCUT2D eigenvalue weighted by molar-refractivity contribution is -0.137. The molecule has 1 aliphatic rings. The van der Waals surface area contributed by atoms with Crippen LogP contribution in [0.1, 0.15) is 18.0 Å². The standard InChI is InChI=1S/C12H9FN2O2/c13-8-3-1-2-7-10-5-14-6-15(10)9(12(7)8)4-11(16)17/h1-3,5-6,9H,4H2,(H,16,17).